The Balaban J connectivity index is 1.45. The molecule has 3 aliphatic heterocycles. The van der Waals surface area contributed by atoms with Crippen molar-refractivity contribution in [2.75, 3.05) is 57.5 Å². The van der Waals surface area contributed by atoms with Crippen molar-refractivity contribution in [2.45, 2.75) is 18.6 Å². The first kappa shape index (κ1) is 17.9. The predicted molar refractivity (Wildman–Crippen MR) is 101 cm³/mol. The minimum absolute atomic E-state index is 0.0558. The zero-order chi connectivity index (χ0) is 17.8. The van der Waals surface area contributed by atoms with Gasteiger partial charge in [0.1, 0.15) is 6.61 Å². The van der Waals surface area contributed by atoms with Gasteiger partial charge in [-0.1, -0.05) is 12.1 Å². The Morgan fingerprint density at radius 3 is 2.81 bits per heavy atom. The maximum atomic E-state index is 13.2. The lowest BCUT2D eigenvalue weighted by Crippen LogP contribution is -2.55. The molecule has 2 saturated heterocycles. The summed E-state index contributed by atoms with van der Waals surface area (Å²) in [7, 11) is 0. The summed E-state index contributed by atoms with van der Waals surface area (Å²) in [6, 6.07) is 7.76. The number of thioether (sulfide) groups is 1. The lowest BCUT2D eigenvalue weighted by molar-refractivity contribution is -0.143. The van der Waals surface area contributed by atoms with Crippen LogP contribution in [0, 0.1) is 0 Å². The Morgan fingerprint density at radius 2 is 1.96 bits per heavy atom. The van der Waals surface area contributed by atoms with Crippen LogP contribution in [0.3, 0.4) is 0 Å². The lowest BCUT2D eigenvalue weighted by Gasteiger charge is -2.37. The highest BCUT2D eigenvalue weighted by Crippen LogP contribution is 2.32. The molecule has 0 saturated carbocycles. The fourth-order valence-electron chi connectivity index (χ4n) is 3.68. The number of carbonyl (C=O) groups excluding carboxylic acids is 1. The van der Waals surface area contributed by atoms with Crippen LogP contribution in [0.1, 0.15) is 6.42 Å². The third kappa shape index (κ3) is 4.10. The first-order valence-electron chi connectivity index (χ1n) is 9.38. The lowest BCUT2D eigenvalue weighted by atomic mass is 10.1. The van der Waals surface area contributed by atoms with Crippen molar-refractivity contribution < 1.29 is 19.0 Å². The maximum absolute atomic E-state index is 13.2. The minimum Gasteiger partial charge on any atom is -0.485 e. The molecule has 26 heavy (non-hydrogen) atoms. The van der Waals surface area contributed by atoms with Gasteiger partial charge < -0.3 is 19.1 Å². The third-order valence-corrected chi connectivity index (χ3v) is 6.28. The fourth-order valence-corrected chi connectivity index (χ4v) is 4.74. The molecule has 2 fully saturated rings. The highest BCUT2D eigenvalue weighted by molar-refractivity contribution is 7.99. The Labute approximate surface area is 158 Å². The summed E-state index contributed by atoms with van der Waals surface area (Å²) in [6.07, 6.45) is 0.473. The van der Waals surface area contributed by atoms with E-state index >= 15 is 0 Å². The van der Waals surface area contributed by atoms with E-state index in [0.717, 1.165) is 57.3 Å². The van der Waals surface area contributed by atoms with Gasteiger partial charge >= 0.3 is 0 Å². The molecule has 0 spiro atoms. The standard InChI is InChI=1S/C19H26N2O4S/c22-19(18-13-24-16-4-1-2-5-17(16)25-18)21-6-3-11-26-14-15(21)12-20-7-9-23-10-8-20/h1-2,4-5,15,18H,3,6-14H2. The van der Waals surface area contributed by atoms with E-state index < -0.39 is 6.10 Å². The van der Waals surface area contributed by atoms with E-state index in [9.17, 15) is 4.79 Å². The molecular formula is C19H26N2O4S. The molecule has 3 aliphatic rings. The summed E-state index contributed by atoms with van der Waals surface area (Å²) < 4.78 is 17.2. The molecular weight excluding hydrogens is 352 g/mol. The summed E-state index contributed by atoms with van der Waals surface area (Å²) >= 11 is 1.94. The van der Waals surface area contributed by atoms with Crippen LogP contribution in [0.5, 0.6) is 11.5 Å². The van der Waals surface area contributed by atoms with Crippen molar-refractivity contribution in [3.63, 3.8) is 0 Å². The number of rotatable bonds is 3. The van der Waals surface area contributed by atoms with E-state index in [1.165, 1.54) is 0 Å². The predicted octanol–water partition coefficient (Wildman–Crippen LogP) is 1.49. The molecule has 7 heteroatoms. The molecule has 4 rings (SSSR count). The van der Waals surface area contributed by atoms with Crippen LogP contribution < -0.4 is 9.47 Å². The zero-order valence-corrected chi connectivity index (χ0v) is 15.8. The van der Waals surface area contributed by atoms with E-state index in [1.807, 2.05) is 40.9 Å². The number of nitrogens with zero attached hydrogens (tertiary/aromatic N) is 2. The molecule has 2 unspecified atom stereocenters. The molecule has 0 radical (unpaired) electrons. The first-order chi connectivity index (χ1) is 12.8. The number of morpholine rings is 1. The van der Waals surface area contributed by atoms with Crippen molar-refractivity contribution in [1.82, 2.24) is 9.80 Å². The monoisotopic (exact) mass is 378 g/mol. The maximum Gasteiger partial charge on any atom is 0.267 e. The Kier molecular flexibility index (Phi) is 5.87. The Hall–Kier alpha value is -1.44. The van der Waals surface area contributed by atoms with Gasteiger partial charge in [-0.3, -0.25) is 9.69 Å². The van der Waals surface area contributed by atoms with Crippen LogP contribution in [0.25, 0.3) is 0 Å². The molecule has 1 aromatic rings. The molecule has 0 aliphatic carbocycles. The second-order valence-corrected chi connectivity index (χ2v) is 8.04. The number of para-hydroxylation sites is 2. The van der Waals surface area contributed by atoms with Crippen LogP contribution in [-0.4, -0.2) is 85.4 Å². The van der Waals surface area contributed by atoms with Crippen molar-refractivity contribution in [3.8, 4) is 11.5 Å². The van der Waals surface area contributed by atoms with Crippen LogP contribution in [0.15, 0.2) is 24.3 Å². The molecule has 3 heterocycles. The SMILES string of the molecule is O=C(C1COc2ccccc2O1)N1CCCSCC1CN1CCOCC1. The molecule has 6 nitrogen and oxygen atoms in total. The van der Waals surface area contributed by atoms with Crippen LogP contribution >= 0.6 is 11.8 Å². The summed E-state index contributed by atoms with van der Waals surface area (Å²) in [5.41, 5.74) is 0. The van der Waals surface area contributed by atoms with Crippen LogP contribution in [-0.2, 0) is 9.53 Å². The zero-order valence-electron chi connectivity index (χ0n) is 15.0. The van der Waals surface area contributed by atoms with Gasteiger partial charge in [-0.2, -0.15) is 11.8 Å². The molecule has 1 amide bonds. The van der Waals surface area contributed by atoms with Gasteiger partial charge in [0.05, 0.1) is 19.3 Å². The van der Waals surface area contributed by atoms with Gasteiger partial charge in [-0.05, 0) is 24.3 Å². The number of amides is 1. The van der Waals surface area contributed by atoms with Gasteiger partial charge in [0, 0.05) is 31.9 Å². The molecule has 1 aromatic carbocycles. The molecule has 142 valence electrons. The molecule has 0 aromatic heterocycles. The summed E-state index contributed by atoms with van der Waals surface area (Å²) in [5, 5.41) is 0. The molecule has 0 bridgehead atoms. The third-order valence-electron chi connectivity index (χ3n) is 5.08. The van der Waals surface area contributed by atoms with Crippen molar-refractivity contribution in [1.29, 1.82) is 0 Å². The largest absolute Gasteiger partial charge is 0.485 e. The van der Waals surface area contributed by atoms with Crippen molar-refractivity contribution in [3.05, 3.63) is 24.3 Å². The average molecular weight is 378 g/mol. The number of hydrogen-bond acceptors (Lipinski definition) is 6. The Morgan fingerprint density at radius 1 is 1.15 bits per heavy atom. The van der Waals surface area contributed by atoms with Crippen molar-refractivity contribution in [2.24, 2.45) is 0 Å². The summed E-state index contributed by atoms with van der Waals surface area (Å²) in [5.74, 6) is 3.51. The summed E-state index contributed by atoms with van der Waals surface area (Å²) in [6.45, 7) is 5.44. The van der Waals surface area contributed by atoms with Crippen LogP contribution in [0.2, 0.25) is 0 Å². The molecule has 2 atom stereocenters. The number of fused-ring (bicyclic) bond motifs is 1. The van der Waals surface area contributed by atoms with E-state index in [1.54, 1.807) is 0 Å². The van der Waals surface area contributed by atoms with Crippen LogP contribution in [0.4, 0.5) is 0 Å². The first-order valence-corrected chi connectivity index (χ1v) is 10.5. The Bertz CT molecular complexity index is 623. The average Bonchev–Trinajstić information content (AvgIpc) is 2.93. The second-order valence-electron chi connectivity index (χ2n) is 6.89. The molecule has 0 N–H and O–H groups in total. The normalized spacial score (nSPS) is 27.0. The van der Waals surface area contributed by atoms with E-state index in [-0.39, 0.29) is 18.6 Å². The number of hydrogen-bond donors (Lipinski definition) is 0. The number of ether oxygens (including phenoxy) is 3. The van der Waals surface area contributed by atoms with Gasteiger partial charge in [-0.15, -0.1) is 0 Å². The smallest absolute Gasteiger partial charge is 0.267 e. The van der Waals surface area contributed by atoms with E-state index in [0.29, 0.717) is 11.5 Å². The number of carbonyl (C=O) groups is 1. The fraction of sp³-hybridized carbons (Fsp3) is 0.632. The van der Waals surface area contributed by atoms with E-state index in [4.69, 9.17) is 14.2 Å². The topological polar surface area (TPSA) is 51.2 Å². The second kappa shape index (κ2) is 8.50. The van der Waals surface area contributed by atoms with Gasteiger partial charge in [0.15, 0.2) is 11.5 Å². The highest BCUT2D eigenvalue weighted by Gasteiger charge is 2.35. The minimum atomic E-state index is -0.555. The number of benzene rings is 1. The quantitative estimate of drug-likeness (QED) is 0.794. The van der Waals surface area contributed by atoms with Crippen molar-refractivity contribution >= 4 is 17.7 Å². The summed E-state index contributed by atoms with van der Waals surface area (Å²) in [4.78, 5) is 17.7. The highest BCUT2D eigenvalue weighted by atomic mass is 32.2. The van der Waals surface area contributed by atoms with Gasteiger partial charge in [0.25, 0.3) is 5.91 Å². The van der Waals surface area contributed by atoms with Gasteiger partial charge in [0.2, 0.25) is 6.10 Å². The van der Waals surface area contributed by atoms with Gasteiger partial charge in [-0.25, -0.2) is 0 Å². The van der Waals surface area contributed by atoms with E-state index in [2.05, 4.69) is 4.90 Å².